The Hall–Kier alpha value is -2.13. The SMILES string of the molecule is NC(=O)CC(N)C(c1ccccc1)c1ccccc1. The van der Waals surface area contributed by atoms with Crippen molar-refractivity contribution in [1.82, 2.24) is 0 Å². The summed E-state index contributed by atoms with van der Waals surface area (Å²) in [5.74, 6) is -0.390. The summed E-state index contributed by atoms with van der Waals surface area (Å²) in [5, 5.41) is 0. The maximum Gasteiger partial charge on any atom is 0.219 e. The van der Waals surface area contributed by atoms with Crippen LogP contribution in [0.4, 0.5) is 0 Å². The van der Waals surface area contributed by atoms with Crippen LogP contribution in [0.15, 0.2) is 60.7 Å². The molecule has 1 atom stereocenters. The van der Waals surface area contributed by atoms with Crippen molar-refractivity contribution >= 4 is 5.91 Å². The summed E-state index contributed by atoms with van der Waals surface area (Å²) in [6, 6.07) is 19.6. The predicted octanol–water partition coefficient (Wildman–Crippen LogP) is 2.02. The van der Waals surface area contributed by atoms with Crippen LogP contribution in [0.1, 0.15) is 23.5 Å². The van der Waals surface area contributed by atoms with Crippen molar-refractivity contribution in [3.63, 3.8) is 0 Å². The maximum atomic E-state index is 11.1. The molecular formula is C16H18N2O. The molecule has 98 valence electrons. The Morgan fingerprint density at radius 3 is 1.68 bits per heavy atom. The fraction of sp³-hybridized carbons (Fsp3) is 0.188. The van der Waals surface area contributed by atoms with E-state index in [4.69, 9.17) is 11.5 Å². The molecule has 19 heavy (non-hydrogen) atoms. The second-order valence-electron chi connectivity index (χ2n) is 4.63. The average molecular weight is 254 g/mol. The summed E-state index contributed by atoms with van der Waals surface area (Å²) in [6.07, 6.45) is 0.175. The average Bonchev–Trinajstić information content (AvgIpc) is 2.40. The lowest BCUT2D eigenvalue weighted by Gasteiger charge is -2.24. The van der Waals surface area contributed by atoms with Crippen LogP contribution >= 0.6 is 0 Å². The third kappa shape index (κ3) is 3.42. The van der Waals surface area contributed by atoms with Crippen molar-refractivity contribution in [3.05, 3.63) is 71.8 Å². The lowest BCUT2D eigenvalue weighted by molar-refractivity contribution is -0.118. The van der Waals surface area contributed by atoms with E-state index in [-0.39, 0.29) is 24.3 Å². The van der Waals surface area contributed by atoms with Gasteiger partial charge in [-0.25, -0.2) is 0 Å². The normalized spacial score (nSPS) is 12.3. The first-order valence-corrected chi connectivity index (χ1v) is 6.32. The van der Waals surface area contributed by atoms with Crippen molar-refractivity contribution < 1.29 is 4.79 Å². The Balaban J connectivity index is 2.37. The van der Waals surface area contributed by atoms with E-state index >= 15 is 0 Å². The molecule has 3 nitrogen and oxygen atoms in total. The number of carbonyl (C=O) groups is 1. The van der Waals surface area contributed by atoms with Crippen LogP contribution < -0.4 is 11.5 Å². The summed E-state index contributed by atoms with van der Waals surface area (Å²) >= 11 is 0. The minimum atomic E-state index is -0.371. The van der Waals surface area contributed by atoms with Crippen LogP contribution in [0.2, 0.25) is 0 Å². The van der Waals surface area contributed by atoms with E-state index in [0.29, 0.717) is 0 Å². The van der Waals surface area contributed by atoms with E-state index < -0.39 is 0 Å². The molecule has 1 unspecified atom stereocenters. The predicted molar refractivity (Wildman–Crippen MR) is 76.5 cm³/mol. The number of hydrogen-bond donors (Lipinski definition) is 2. The molecule has 2 aromatic carbocycles. The van der Waals surface area contributed by atoms with E-state index in [2.05, 4.69) is 0 Å². The number of nitrogens with two attached hydrogens (primary N) is 2. The standard InChI is InChI=1S/C16H18N2O/c17-14(11-15(18)19)16(12-7-3-1-4-8-12)13-9-5-2-6-10-13/h1-10,14,16H,11,17H2,(H2,18,19). The number of carbonyl (C=O) groups excluding carboxylic acids is 1. The van der Waals surface area contributed by atoms with Gasteiger partial charge in [0, 0.05) is 18.4 Å². The first-order chi connectivity index (χ1) is 9.18. The zero-order valence-electron chi connectivity index (χ0n) is 10.7. The summed E-state index contributed by atoms with van der Waals surface area (Å²) in [5.41, 5.74) is 13.6. The van der Waals surface area contributed by atoms with Crippen LogP contribution in [0.3, 0.4) is 0 Å². The Morgan fingerprint density at radius 1 is 0.895 bits per heavy atom. The van der Waals surface area contributed by atoms with Crippen LogP contribution in [0.25, 0.3) is 0 Å². The van der Waals surface area contributed by atoms with Gasteiger partial charge in [-0.1, -0.05) is 60.7 Å². The molecule has 0 aromatic heterocycles. The van der Waals surface area contributed by atoms with Crippen molar-refractivity contribution in [2.45, 2.75) is 18.4 Å². The Bertz CT molecular complexity index is 485. The molecule has 4 N–H and O–H groups in total. The van der Waals surface area contributed by atoms with E-state index in [1.807, 2.05) is 60.7 Å². The monoisotopic (exact) mass is 254 g/mol. The van der Waals surface area contributed by atoms with Gasteiger partial charge >= 0.3 is 0 Å². The van der Waals surface area contributed by atoms with Crippen LogP contribution in [-0.4, -0.2) is 11.9 Å². The van der Waals surface area contributed by atoms with Gasteiger partial charge < -0.3 is 11.5 Å². The number of amides is 1. The van der Waals surface area contributed by atoms with E-state index in [0.717, 1.165) is 11.1 Å². The van der Waals surface area contributed by atoms with E-state index in [1.165, 1.54) is 0 Å². The molecule has 0 spiro atoms. The van der Waals surface area contributed by atoms with Gasteiger partial charge in [0.25, 0.3) is 0 Å². The molecule has 2 rings (SSSR count). The molecule has 0 aliphatic heterocycles. The van der Waals surface area contributed by atoms with Crippen molar-refractivity contribution in [2.75, 3.05) is 0 Å². The van der Waals surface area contributed by atoms with Gasteiger partial charge in [-0.05, 0) is 11.1 Å². The van der Waals surface area contributed by atoms with E-state index in [9.17, 15) is 4.79 Å². The Labute approximate surface area is 113 Å². The zero-order valence-corrected chi connectivity index (χ0v) is 10.7. The highest BCUT2D eigenvalue weighted by atomic mass is 16.1. The maximum absolute atomic E-state index is 11.1. The van der Waals surface area contributed by atoms with Crippen molar-refractivity contribution in [2.24, 2.45) is 11.5 Å². The van der Waals surface area contributed by atoms with Gasteiger partial charge in [0.2, 0.25) is 5.91 Å². The first kappa shape index (κ1) is 13.3. The molecule has 0 aliphatic rings. The molecule has 0 aliphatic carbocycles. The number of rotatable bonds is 5. The molecule has 0 fully saturated rings. The Kier molecular flexibility index (Phi) is 4.31. The first-order valence-electron chi connectivity index (χ1n) is 6.32. The minimum Gasteiger partial charge on any atom is -0.370 e. The van der Waals surface area contributed by atoms with Crippen molar-refractivity contribution in [1.29, 1.82) is 0 Å². The lowest BCUT2D eigenvalue weighted by Crippen LogP contribution is -2.34. The van der Waals surface area contributed by atoms with Gasteiger partial charge in [0.1, 0.15) is 0 Å². The van der Waals surface area contributed by atoms with Gasteiger partial charge in [0.05, 0.1) is 0 Å². The molecular weight excluding hydrogens is 236 g/mol. The molecule has 0 bridgehead atoms. The topological polar surface area (TPSA) is 69.1 Å². The highest BCUT2D eigenvalue weighted by molar-refractivity contribution is 5.74. The van der Waals surface area contributed by atoms with Crippen LogP contribution in [-0.2, 0) is 4.79 Å². The minimum absolute atomic E-state index is 0.0186. The molecule has 0 saturated carbocycles. The summed E-state index contributed by atoms with van der Waals surface area (Å²) < 4.78 is 0. The number of benzene rings is 2. The fourth-order valence-corrected chi connectivity index (χ4v) is 2.36. The summed E-state index contributed by atoms with van der Waals surface area (Å²) in [4.78, 5) is 11.1. The smallest absolute Gasteiger partial charge is 0.219 e. The number of hydrogen-bond acceptors (Lipinski definition) is 2. The molecule has 0 radical (unpaired) electrons. The molecule has 2 aromatic rings. The molecule has 0 saturated heterocycles. The van der Waals surface area contributed by atoms with Crippen LogP contribution in [0, 0.1) is 0 Å². The molecule has 0 heterocycles. The zero-order chi connectivity index (χ0) is 13.7. The third-order valence-corrected chi connectivity index (χ3v) is 3.18. The highest BCUT2D eigenvalue weighted by Crippen LogP contribution is 2.28. The van der Waals surface area contributed by atoms with Crippen LogP contribution in [0.5, 0.6) is 0 Å². The quantitative estimate of drug-likeness (QED) is 0.857. The van der Waals surface area contributed by atoms with E-state index in [1.54, 1.807) is 0 Å². The summed E-state index contributed by atoms with van der Waals surface area (Å²) in [6.45, 7) is 0. The largest absolute Gasteiger partial charge is 0.370 e. The highest BCUT2D eigenvalue weighted by Gasteiger charge is 2.22. The van der Waals surface area contributed by atoms with Gasteiger partial charge in [-0.15, -0.1) is 0 Å². The second-order valence-corrected chi connectivity index (χ2v) is 4.63. The molecule has 1 amide bonds. The second kappa shape index (κ2) is 6.16. The number of primary amides is 1. The lowest BCUT2D eigenvalue weighted by atomic mass is 9.84. The Morgan fingerprint density at radius 2 is 1.32 bits per heavy atom. The van der Waals surface area contributed by atoms with Crippen molar-refractivity contribution in [3.8, 4) is 0 Å². The fourth-order valence-electron chi connectivity index (χ4n) is 2.36. The van der Waals surface area contributed by atoms with Gasteiger partial charge in [-0.3, -0.25) is 4.79 Å². The summed E-state index contributed by atoms with van der Waals surface area (Å²) in [7, 11) is 0. The van der Waals surface area contributed by atoms with Gasteiger partial charge in [-0.2, -0.15) is 0 Å². The molecule has 3 heteroatoms. The third-order valence-electron chi connectivity index (χ3n) is 3.18. The van der Waals surface area contributed by atoms with Gasteiger partial charge in [0.15, 0.2) is 0 Å².